The Hall–Kier alpha value is -0.340. The van der Waals surface area contributed by atoms with Crippen molar-refractivity contribution in [1.82, 2.24) is 5.32 Å². The molecule has 2 heteroatoms. The Balaban J connectivity index is 2.16. The van der Waals surface area contributed by atoms with E-state index in [4.69, 9.17) is 0 Å². The van der Waals surface area contributed by atoms with Gasteiger partial charge < -0.3 is 5.32 Å². The third kappa shape index (κ3) is 2.67. The molecule has 1 nitrogen and oxygen atoms in total. The molecule has 0 atom stereocenters. The van der Waals surface area contributed by atoms with Crippen LogP contribution in [-0.4, -0.2) is 13.1 Å². The molecule has 0 spiro atoms. The van der Waals surface area contributed by atoms with Crippen LogP contribution in [0.2, 0.25) is 0 Å². The van der Waals surface area contributed by atoms with Gasteiger partial charge in [-0.05, 0) is 74.9 Å². The molecule has 88 valence electrons. The number of hydrogen-bond donors (Lipinski definition) is 1. The quantitative estimate of drug-likeness (QED) is 0.873. The number of piperidine rings is 1. The monoisotopic (exact) mass is 281 g/mol. The normalized spacial score (nSPS) is 17.7. The lowest BCUT2D eigenvalue weighted by Gasteiger charge is -2.24. The molecule has 0 aromatic heterocycles. The Bertz CT molecular complexity index is 367. The van der Waals surface area contributed by atoms with Crippen LogP contribution in [0.3, 0.4) is 0 Å². The summed E-state index contributed by atoms with van der Waals surface area (Å²) in [5.74, 6) is 0.859. The molecule has 0 amide bonds. The molecule has 1 aromatic rings. The van der Waals surface area contributed by atoms with Crippen molar-refractivity contribution in [2.45, 2.75) is 33.1 Å². The highest BCUT2D eigenvalue weighted by molar-refractivity contribution is 9.10. The Morgan fingerprint density at radius 2 is 1.94 bits per heavy atom. The van der Waals surface area contributed by atoms with Crippen molar-refractivity contribution >= 4 is 15.9 Å². The average Bonchev–Trinajstić information content (AvgIpc) is 2.31. The maximum atomic E-state index is 3.69. The van der Waals surface area contributed by atoms with E-state index in [9.17, 15) is 0 Å². The van der Waals surface area contributed by atoms with Crippen molar-refractivity contribution in [3.8, 4) is 0 Å². The summed E-state index contributed by atoms with van der Waals surface area (Å²) in [6, 6.07) is 4.39. The van der Waals surface area contributed by atoms with Gasteiger partial charge in [-0.15, -0.1) is 0 Å². The maximum Gasteiger partial charge on any atom is 0.0210 e. The number of hydrogen-bond acceptors (Lipinski definition) is 1. The molecule has 0 saturated carbocycles. The van der Waals surface area contributed by atoms with Gasteiger partial charge in [-0.25, -0.2) is 0 Å². The zero-order chi connectivity index (χ0) is 11.5. The lowest BCUT2D eigenvalue weighted by Crippen LogP contribution is -2.28. The minimum absolute atomic E-state index is 0.859. The van der Waals surface area contributed by atoms with E-state index in [-0.39, 0.29) is 0 Å². The van der Waals surface area contributed by atoms with Crippen molar-refractivity contribution in [1.29, 1.82) is 0 Å². The highest BCUT2D eigenvalue weighted by atomic mass is 79.9. The van der Waals surface area contributed by atoms with Crippen LogP contribution >= 0.6 is 15.9 Å². The van der Waals surface area contributed by atoms with Gasteiger partial charge in [0.25, 0.3) is 0 Å². The largest absolute Gasteiger partial charge is 0.317 e. The summed E-state index contributed by atoms with van der Waals surface area (Å²) in [7, 11) is 0. The van der Waals surface area contributed by atoms with E-state index < -0.39 is 0 Å². The Morgan fingerprint density at radius 3 is 2.62 bits per heavy atom. The van der Waals surface area contributed by atoms with Gasteiger partial charge in [0.05, 0.1) is 0 Å². The van der Waals surface area contributed by atoms with Gasteiger partial charge in [0, 0.05) is 4.47 Å². The number of rotatable bonds is 2. The first-order valence-electron chi connectivity index (χ1n) is 6.14. The Labute approximate surface area is 107 Å². The first-order chi connectivity index (χ1) is 7.68. The summed E-state index contributed by atoms with van der Waals surface area (Å²) in [5, 5.41) is 3.43. The second-order valence-electron chi connectivity index (χ2n) is 4.87. The van der Waals surface area contributed by atoms with Gasteiger partial charge in [-0.1, -0.05) is 22.0 Å². The topological polar surface area (TPSA) is 12.0 Å². The average molecular weight is 282 g/mol. The molecule has 16 heavy (non-hydrogen) atoms. The molecule has 0 radical (unpaired) electrons. The first-order valence-corrected chi connectivity index (χ1v) is 6.93. The molecule has 0 unspecified atom stereocenters. The summed E-state index contributed by atoms with van der Waals surface area (Å²) in [6.45, 7) is 6.82. The van der Waals surface area contributed by atoms with E-state index in [1.165, 1.54) is 53.5 Å². The molecule has 1 aliphatic heterocycles. The number of halogens is 1. The number of benzene rings is 1. The molecular weight excluding hydrogens is 262 g/mol. The molecule has 1 N–H and O–H groups in total. The third-order valence-corrected chi connectivity index (χ3v) is 4.51. The lowest BCUT2D eigenvalue weighted by atomic mass is 9.88. The Kier molecular flexibility index (Phi) is 4.04. The van der Waals surface area contributed by atoms with Gasteiger partial charge in [0.1, 0.15) is 0 Å². The van der Waals surface area contributed by atoms with E-state index in [0.717, 1.165) is 5.92 Å². The fourth-order valence-electron chi connectivity index (χ4n) is 2.47. The molecule has 1 saturated heterocycles. The van der Waals surface area contributed by atoms with Crippen molar-refractivity contribution in [2.75, 3.05) is 13.1 Å². The van der Waals surface area contributed by atoms with Crippen LogP contribution in [-0.2, 0) is 6.42 Å². The van der Waals surface area contributed by atoms with Gasteiger partial charge in [0.2, 0.25) is 0 Å². The first kappa shape index (κ1) is 12.1. The van der Waals surface area contributed by atoms with Crippen molar-refractivity contribution < 1.29 is 0 Å². The molecule has 1 heterocycles. The van der Waals surface area contributed by atoms with Crippen LogP contribution < -0.4 is 5.32 Å². The van der Waals surface area contributed by atoms with Gasteiger partial charge in [-0.3, -0.25) is 0 Å². The van der Waals surface area contributed by atoms with Crippen LogP contribution in [0, 0.1) is 19.8 Å². The molecule has 2 rings (SSSR count). The number of aryl methyl sites for hydroxylation is 1. The SMILES string of the molecule is Cc1ccc(Br)c(CC2CCNCC2)c1C. The molecule has 1 fully saturated rings. The van der Waals surface area contributed by atoms with E-state index in [1.807, 2.05) is 0 Å². The summed E-state index contributed by atoms with van der Waals surface area (Å²) in [6.07, 6.45) is 3.87. The second kappa shape index (κ2) is 5.33. The van der Waals surface area contributed by atoms with Crippen molar-refractivity contribution in [3.63, 3.8) is 0 Å². The molecule has 1 aliphatic rings. The van der Waals surface area contributed by atoms with Crippen LogP contribution in [0.1, 0.15) is 29.5 Å². The highest BCUT2D eigenvalue weighted by Gasteiger charge is 2.16. The van der Waals surface area contributed by atoms with Crippen LogP contribution in [0.4, 0.5) is 0 Å². The lowest BCUT2D eigenvalue weighted by molar-refractivity contribution is 0.372. The van der Waals surface area contributed by atoms with Gasteiger partial charge in [-0.2, -0.15) is 0 Å². The zero-order valence-electron chi connectivity index (χ0n) is 10.1. The van der Waals surface area contributed by atoms with Crippen molar-refractivity contribution in [3.05, 3.63) is 33.3 Å². The maximum absolute atomic E-state index is 3.69. The summed E-state index contributed by atoms with van der Waals surface area (Å²) < 4.78 is 1.29. The van der Waals surface area contributed by atoms with E-state index in [1.54, 1.807) is 0 Å². The molecule has 1 aromatic carbocycles. The van der Waals surface area contributed by atoms with E-state index >= 15 is 0 Å². The number of nitrogens with one attached hydrogen (secondary N) is 1. The molecule has 0 aliphatic carbocycles. The van der Waals surface area contributed by atoms with E-state index in [0.29, 0.717) is 0 Å². The fraction of sp³-hybridized carbons (Fsp3) is 0.571. The highest BCUT2D eigenvalue weighted by Crippen LogP contribution is 2.28. The van der Waals surface area contributed by atoms with Crippen LogP contribution in [0.5, 0.6) is 0 Å². The van der Waals surface area contributed by atoms with E-state index in [2.05, 4.69) is 47.2 Å². The Morgan fingerprint density at radius 1 is 1.25 bits per heavy atom. The summed E-state index contributed by atoms with van der Waals surface area (Å²) in [4.78, 5) is 0. The van der Waals surface area contributed by atoms with Gasteiger partial charge in [0.15, 0.2) is 0 Å². The predicted octanol–water partition coefficient (Wildman–Crippen LogP) is 3.61. The minimum atomic E-state index is 0.859. The minimum Gasteiger partial charge on any atom is -0.317 e. The standard InChI is InChI=1S/C14H20BrN/c1-10-3-4-14(15)13(11(10)2)9-12-5-7-16-8-6-12/h3-4,12,16H,5-9H2,1-2H3. The van der Waals surface area contributed by atoms with Crippen molar-refractivity contribution in [2.24, 2.45) is 5.92 Å². The van der Waals surface area contributed by atoms with Gasteiger partial charge >= 0.3 is 0 Å². The van der Waals surface area contributed by atoms with Crippen LogP contribution in [0.25, 0.3) is 0 Å². The molecule has 0 bridgehead atoms. The molecular formula is C14H20BrN. The summed E-state index contributed by atoms with van der Waals surface area (Å²) in [5.41, 5.74) is 4.40. The summed E-state index contributed by atoms with van der Waals surface area (Å²) >= 11 is 3.69. The third-order valence-electron chi connectivity index (χ3n) is 3.76. The smallest absolute Gasteiger partial charge is 0.0210 e. The van der Waals surface area contributed by atoms with Crippen LogP contribution in [0.15, 0.2) is 16.6 Å². The predicted molar refractivity (Wildman–Crippen MR) is 72.9 cm³/mol. The zero-order valence-corrected chi connectivity index (χ0v) is 11.7. The fourth-order valence-corrected chi connectivity index (χ4v) is 3.06. The second-order valence-corrected chi connectivity index (χ2v) is 5.72.